The molecule has 0 fully saturated rings. The van der Waals surface area contributed by atoms with Crippen LogP contribution in [0, 0.1) is 6.92 Å². The Bertz CT molecular complexity index is 1420. The number of hydrogen-bond acceptors (Lipinski definition) is 3. The zero-order chi connectivity index (χ0) is 26.2. The van der Waals surface area contributed by atoms with Crippen molar-refractivity contribution >= 4 is 22.9 Å². The largest absolute Gasteiger partial charge is 0.329 e. The van der Waals surface area contributed by atoms with E-state index in [1.807, 2.05) is 104 Å². The molecule has 0 aliphatic carbocycles. The molecule has 1 amide bonds. The van der Waals surface area contributed by atoms with E-state index in [0.29, 0.717) is 29.7 Å². The molecule has 1 heterocycles. The normalized spacial score (nSPS) is 12.2. The third-order valence-electron chi connectivity index (χ3n) is 6.66. The van der Waals surface area contributed by atoms with Gasteiger partial charge in [0.25, 0.3) is 5.56 Å². The first-order valence-corrected chi connectivity index (χ1v) is 13.2. The van der Waals surface area contributed by atoms with Gasteiger partial charge in [-0.2, -0.15) is 0 Å². The average molecular weight is 494 g/mol. The lowest BCUT2D eigenvalue weighted by atomic mass is 10.1. The van der Waals surface area contributed by atoms with Crippen LogP contribution >= 0.6 is 0 Å². The number of carbonyl (C=O) groups excluding carboxylic acids is 1. The van der Waals surface area contributed by atoms with Gasteiger partial charge in [-0.05, 0) is 55.7 Å². The van der Waals surface area contributed by atoms with E-state index >= 15 is 0 Å². The summed E-state index contributed by atoms with van der Waals surface area (Å²) in [7, 11) is 0. The first-order chi connectivity index (χ1) is 18.0. The number of amides is 1. The summed E-state index contributed by atoms with van der Waals surface area (Å²) in [4.78, 5) is 34.4. The lowest BCUT2D eigenvalue weighted by molar-refractivity contribution is -0.128. The Hall–Kier alpha value is -3.99. The molecule has 0 spiro atoms. The quantitative estimate of drug-likeness (QED) is 0.179. The van der Waals surface area contributed by atoms with Crippen LogP contribution in [0.3, 0.4) is 0 Å². The highest BCUT2D eigenvalue weighted by Gasteiger charge is 2.28. The molecule has 1 unspecified atom stereocenters. The number of carbonyl (C=O) groups is 1. The molecule has 3 aromatic carbocycles. The third kappa shape index (κ3) is 6.05. The standard InChI is InChI=1S/C32H35N3O2/c1-4-6-12-23-34(30(36)22-19-25-13-8-7-9-14-25)29(5-2)31-33-28-16-11-10-15-27(28)32(37)35(31)26-20-17-24(3)18-21-26/h7-11,13-22,29H,4-6,12,23H2,1-3H3. The van der Waals surface area contributed by atoms with E-state index in [1.54, 1.807) is 10.6 Å². The highest BCUT2D eigenvalue weighted by molar-refractivity contribution is 5.92. The van der Waals surface area contributed by atoms with E-state index in [9.17, 15) is 9.59 Å². The van der Waals surface area contributed by atoms with Gasteiger partial charge in [0, 0.05) is 12.6 Å². The van der Waals surface area contributed by atoms with Crippen molar-refractivity contribution in [1.82, 2.24) is 14.5 Å². The summed E-state index contributed by atoms with van der Waals surface area (Å²) in [5.41, 5.74) is 3.36. The molecule has 1 atom stereocenters. The van der Waals surface area contributed by atoms with Gasteiger partial charge in [0.1, 0.15) is 5.82 Å². The molecule has 5 heteroatoms. The summed E-state index contributed by atoms with van der Waals surface area (Å²) in [5, 5.41) is 0.564. The minimum absolute atomic E-state index is 0.0790. The maximum atomic E-state index is 13.8. The highest BCUT2D eigenvalue weighted by atomic mass is 16.2. The second-order valence-corrected chi connectivity index (χ2v) is 9.37. The summed E-state index contributed by atoms with van der Waals surface area (Å²) in [6.07, 6.45) is 7.09. The predicted octanol–water partition coefficient (Wildman–Crippen LogP) is 6.88. The summed E-state index contributed by atoms with van der Waals surface area (Å²) in [5.74, 6) is 0.512. The third-order valence-corrected chi connectivity index (χ3v) is 6.66. The molecule has 4 aromatic rings. The Balaban J connectivity index is 1.84. The van der Waals surface area contributed by atoms with Gasteiger partial charge in [-0.3, -0.25) is 14.2 Å². The number of benzene rings is 3. The Morgan fingerprint density at radius 2 is 1.65 bits per heavy atom. The van der Waals surface area contributed by atoms with Gasteiger partial charge in [-0.1, -0.05) is 86.8 Å². The van der Waals surface area contributed by atoms with Crippen LogP contribution in [0.5, 0.6) is 0 Å². The molecule has 190 valence electrons. The molecule has 0 saturated heterocycles. The minimum Gasteiger partial charge on any atom is -0.329 e. The summed E-state index contributed by atoms with van der Waals surface area (Å²) >= 11 is 0. The van der Waals surface area contributed by atoms with E-state index in [0.717, 1.165) is 36.1 Å². The fraction of sp³-hybridized carbons (Fsp3) is 0.281. The molecule has 5 nitrogen and oxygen atoms in total. The first-order valence-electron chi connectivity index (χ1n) is 13.2. The van der Waals surface area contributed by atoms with Gasteiger partial charge < -0.3 is 4.90 Å². The Kier molecular flexibility index (Phi) is 8.68. The van der Waals surface area contributed by atoms with Crippen LogP contribution in [-0.2, 0) is 4.79 Å². The van der Waals surface area contributed by atoms with Crippen LogP contribution < -0.4 is 5.56 Å². The maximum absolute atomic E-state index is 13.8. The van der Waals surface area contributed by atoms with Crippen molar-refractivity contribution in [2.45, 2.75) is 52.5 Å². The topological polar surface area (TPSA) is 55.2 Å². The van der Waals surface area contributed by atoms with Crippen LogP contribution in [0.25, 0.3) is 22.7 Å². The number of nitrogens with zero attached hydrogens (tertiary/aromatic N) is 3. The lowest BCUT2D eigenvalue weighted by Crippen LogP contribution is -2.38. The first kappa shape index (κ1) is 26.1. The van der Waals surface area contributed by atoms with Gasteiger partial charge in [0.2, 0.25) is 5.91 Å². The van der Waals surface area contributed by atoms with Crippen LogP contribution in [0.15, 0.2) is 89.7 Å². The van der Waals surface area contributed by atoms with Gasteiger partial charge in [0.05, 0.1) is 22.6 Å². The number of rotatable bonds is 10. The molecule has 4 rings (SSSR count). The average Bonchev–Trinajstić information content (AvgIpc) is 2.93. The van der Waals surface area contributed by atoms with Gasteiger partial charge in [-0.25, -0.2) is 4.98 Å². The van der Waals surface area contributed by atoms with Crippen LogP contribution in [0.4, 0.5) is 0 Å². The van der Waals surface area contributed by atoms with Crippen LogP contribution in [0.2, 0.25) is 0 Å². The Morgan fingerprint density at radius 1 is 0.946 bits per heavy atom. The number of aryl methyl sites for hydroxylation is 1. The zero-order valence-electron chi connectivity index (χ0n) is 21.9. The number of hydrogen-bond donors (Lipinski definition) is 0. The van der Waals surface area contributed by atoms with Crippen LogP contribution in [-0.4, -0.2) is 26.9 Å². The van der Waals surface area contributed by atoms with Gasteiger partial charge >= 0.3 is 0 Å². The minimum atomic E-state index is -0.358. The molecule has 0 saturated carbocycles. The highest BCUT2D eigenvalue weighted by Crippen LogP contribution is 2.27. The number of aromatic nitrogens is 2. The molecule has 0 aliphatic rings. The van der Waals surface area contributed by atoms with Gasteiger partial charge in [-0.15, -0.1) is 0 Å². The molecule has 0 bridgehead atoms. The van der Waals surface area contributed by atoms with E-state index in [4.69, 9.17) is 4.98 Å². The Morgan fingerprint density at radius 3 is 2.35 bits per heavy atom. The molecule has 0 N–H and O–H groups in total. The van der Waals surface area contributed by atoms with Crippen molar-refractivity contribution < 1.29 is 4.79 Å². The van der Waals surface area contributed by atoms with Crippen molar-refractivity contribution in [2.24, 2.45) is 0 Å². The zero-order valence-corrected chi connectivity index (χ0v) is 21.9. The van der Waals surface area contributed by atoms with E-state index in [-0.39, 0.29) is 17.5 Å². The fourth-order valence-electron chi connectivity index (χ4n) is 4.64. The predicted molar refractivity (Wildman–Crippen MR) is 152 cm³/mol. The van der Waals surface area contributed by atoms with Crippen molar-refractivity contribution in [3.8, 4) is 5.69 Å². The number of unbranched alkanes of at least 4 members (excludes halogenated alkanes) is 2. The lowest BCUT2D eigenvalue weighted by Gasteiger charge is -2.32. The van der Waals surface area contributed by atoms with Crippen molar-refractivity contribution in [3.05, 3.63) is 112 Å². The number of para-hydroxylation sites is 1. The second kappa shape index (κ2) is 12.3. The summed E-state index contributed by atoms with van der Waals surface area (Å²) < 4.78 is 1.69. The smallest absolute Gasteiger partial charge is 0.266 e. The van der Waals surface area contributed by atoms with E-state index in [2.05, 4.69) is 6.92 Å². The van der Waals surface area contributed by atoms with E-state index in [1.165, 1.54) is 0 Å². The molecule has 0 aliphatic heterocycles. The van der Waals surface area contributed by atoms with Crippen molar-refractivity contribution in [3.63, 3.8) is 0 Å². The second-order valence-electron chi connectivity index (χ2n) is 9.37. The monoisotopic (exact) mass is 493 g/mol. The van der Waals surface area contributed by atoms with Crippen molar-refractivity contribution in [2.75, 3.05) is 6.54 Å². The van der Waals surface area contributed by atoms with Gasteiger partial charge in [0.15, 0.2) is 0 Å². The van der Waals surface area contributed by atoms with Crippen LogP contribution in [0.1, 0.15) is 62.5 Å². The molecular formula is C32H35N3O2. The molecule has 37 heavy (non-hydrogen) atoms. The maximum Gasteiger partial charge on any atom is 0.266 e. The summed E-state index contributed by atoms with van der Waals surface area (Å²) in [6, 6.07) is 24.8. The number of fused-ring (bicyclic) bond motifs is 1. The molecular weight excluding hydrogens is 458 g/mol. The van der Waals surface area contributed by atoms with E-state index < -0.39 is 0 Å². The van der Waals surface area contributed by atoms with Crippen molar-refractivity contribution in [1.29, 1.82) is 0 Å². The molecule has 1 aromatic heterocycles. The SMILES string of the molecule is CCCCCN(C(=O)C=Cc1ccccc1)C(CC)c1nc2ccccc2c(=O)n1-c1ccc(C)cc1. The molecule has 0 radical (unpaired) electrons. The summed E-state index contributed by atoms with van der Waals surface area (Å²) in [6.45, 7) is 6.82. The Labute approximate surface area is 219 Å². The fourth-order valence-corrected chi connectivity index (χ4v) is 4.64.